The Morgan fingerprint density at radius 2 is 1.88 bits per heavy atom. The van der Waals surface area contributed by atoms with Gasteiger partial charge in [0.1, 0.15) is 11.6 Å². The number of benzene rings is 1. The van der Waals surface area contributed by atoms with Crippen molar-refractivity contribution >= 4 is 0 Å². The van der Waals surface area contributed by atoms with Crippen molar-refractivity contribution in [2.24, 2.45) is 0 Å². The highest BCUT2D eigenvalue weighted by molar-refractivity contribution is 5.21. The van der Waals surface area contributed by atoms with E-state index in [0.29, 0.717) is 17.3 Å². The van der Waals surface area contributed by atoms with Gasteiger partial charge in [-0.05, 0) is 11.6 Å². The molecule has 2 rings (SSSR count). The number of hydrogen-bond donors (Lipinski definition) is 0. The lowest BCUT2D eigenvalue weighted by Crippen LogP contribution is -1.93. The summed E-state index contributed by atoms with van der Waals surface area (Å²) in [6, 6.07) is 3.39. The standard InChI is InChI=1S/C10H8F2N2O.C2H6/c1-6-13-14-10(15-6)4-7-2-3-8(11)5-9(7)12;1-2/h2-3,5H,4H2,1H3;1-2H3. The summed E-state index contributed by atoms with van der Waals surface area (Å²) in [6.07, 6.45) is 0.174. The van der Waals surface area contributed by atoms with Crippen LogP contribution in [-0.2, 0) is 6.42 Å². The molecule has 92 valence electrons. The van der Waals surface area contributed by atoms with Crippen LogP contribution in [0.5, 0.6) is 0 Å². The second-order valence-corrected chi connectivity index (χ2v) is 3.13. The number of aryl methyl sites for hydroxylation is 1. The van der Waals surface area contributed by atoms with Gasteiger partial charge in [0, 0.05) is 13.0 Å². The monoisotopic (exact) mass is 240 g/mol. The van der Waals surface area contributed by atoms with Crippen molar-refractivity contribution in [3.05, 3.63) is 47.2 Å². The molecule has 0 saturated carbocycles. The third-order valence-corrected chi connectivity index (χ3v) is 1.92. The number of nitrogens with zero attached hydrogens (tertiary/aromatic N) is 2. The Morgan fingerprint density at radius 3 is 2.41 bits per heavy atom. The predicted octanol–water partition coefficient (Wildman–Crippen LogP) is 3.27. The first-order valence-corrected chi connectivity index (χ1v) is 5.38. The molecule has 17 heavy (non-hydrogen) atoms. The molecule has 2 aromatic rings. The third-order valence-electron chi connectivity index (χ3n) is 1.92. The van der Waals surface area contributed by atoms with Crippen LogP contribution in [0.3, 0.4) is 0 Å². The van der Waals surface area contributed by atoms with Crippen molar-refractivity contribution in [3.63, 3.8) is 0 Å². The summed E-state index contributed by atoms with van der Waals surface area (Å²) in [5, 5.41) is 7.34. The summed E-state index contributed by atoms with van der Waals surface area (Å²) >= 11 is 0. The summed E-state index contributed by atoms with van der Waals surface area (Å²) in [5.41, 5.74) is 0.333. The minimum Gasteiger partial charge on any atom is -0.425 e. The zero-order valence-electron chi connectivity index (χ0n) is 10.00. The van der Waals surface area contributed by atoms with Gasteiger partial charge in [-0.2, -0.15) is 0 Å². The van der Waals surface area contributed by atoms with Gasteiger partial charge in [0.25, 0.3) is 0 Å². The summed E-state index contributed by atoms with van der Waals surface area (Å²) in [7, 11) is 0. The van der Waals surface area contributed by atoms with Gasteiger partial charge in [-0.15, -0.1) is 10.2 Å². The molecule has 0 saturated heterocycles. The maximum atomic E-state index is 13.2. The highest BCUT2D eigenvalue weighted by atomic mass is 19.1. The van der Waals surface area contributed by atoms with Gasteiger partial charge >= 0.3 is 0 Å². The number of rotatable bonds is 2. The van der Waals surface area contributed by atoms with Crippen LogP contribution < -0.4 is 0 Å². The first kappa shape index (κ1) is 13.3. The molecule has 0 bridgehead atoms. The van der Waals surface area contributed by atoms with Crippen molar-refractivity contribution in [3.8, 4) is 0 Å². The molecule has 1 aromatic heterocycles. The topological polar surface area (TPSA) is 38.9 Å². The fraction of sp³-hybridized carbons (Fsp3) is 0.333. The van der Waals surface area contributed by atoms with Crippen molar-refractivity contribution in [2.45, 2.75) is 27.2 Å². The average Bonchev–Trinajstić information content (AvgIpc) is 2.71. The minimum absolute atomic E-state index is 0.174. The summed E-state index contributed by atoms with van der Waals surface area (Å²) in [6.45, 7) is 5.65. The van der Waals surface area contributed by atoms with Crippen molar-refractivity contribution in [1.29, 1.82) is 0 Å². The fourth-order valence-corrected chi connectivity index (χ4v) is 1.24. The summed E-state index contributed by atoms with van der Waals surface area (Å²) in [5.74, 6) is -0.464. The van der Waals surface area contributed by atoms with Crippen molar-refractivity contribution in [1.82, 2.24) is 10.2 Å². The molecule has 0 aliphatic rings. The van der Waals surface area contributed by atoms with Gasteiger partial charge in [0.2, 0.25) is 11.8 Å². The molecule has 3 nitrogen and oxygen atoms in total. The normalized spacial score (nSPS) is 9.71. The second-order valence-electron chi connectivity index (χ2n) is 3.13. The molecular weight excluding hydrogens is 226 g/mol. The van der Waals surface area contributed by atoms with Crippen molar-refractivity contribution in [2.75, 3.05) is 0 Å². The number of hydrogen-bond acceptors (Lipinski definition) is 3. The van der Waals surface area contributed by atoms with Gasteiger partial charge in [-0.1, -0.05) is 19.9 Å². The van der Waals surface area contributed by atoms with Crippen LogP contribution >= 0.6 is 0 Å². The van der Waals surface area contributed by atoms with E-state index in [1.807, 2.05) is 13.8 Å². The van der Waals surface area contributed by atoms with E-state index in [9.17, 15) is 8.78 Å². The lowest BCUT2D eigenvalue weighted by atomic mass is 10.1. The Labute approximate surface area is 98.5 Å². The number of aromatic nitrogens is 2. The largest absolute Gasteiger partial charge is 0.425 e. The zero-order valence-corrected chi connectivity index (χ0v) is 10.00. The van der Waals surface area contributed by atoms with E-state index >= 15 is 0 Å². The van der Waals surface area contributed by atoms with Gasteiger partial charge < -0.3 is 4.42 Å². The van der Waals surface area contributed by atoms with Gasteiger partial charge in [0.15, 0.2) is 0 Å². The maximum Gasteiger partial charge on any atom is 0.221 e. The van der Waals surface area contributed by atoms with Crippen LogP contribution in [0, 0.1) is 18.6 Å². The fourth-order valence-electron chi connectivity index (χ4n) is 1.24. The maximum absolute atomic E-state index is 13.2. The molecule has 0 aliphatic heterocycles. The molecule has 0 N–H and O–H groups in total. The van der Waals surface area contributed by atoms with E-state index in [4.69, 9.17) is 4.42 Å². The Morgan fingerprint density at radius 1 is 1.18 bits per heavy atom. The predicted molar refractivity (Wildman–Crippen MR) is 59.5 cm³/mol. The quantitative estimate of drug-likeness (QED) is 0.808. The van der Waals surface area contributed by atoms with Crippen LogP contribution in [0.4, 0.5) is 8.78 Å². The zero-order chi connectivity index (χ0) is 12.8. The van der Waals surface area contributed by atoms with E-state index in [0.717, 1.165) is 6.07 Å². The molecule has 5 heteroatoms. The number of halogens is 2. The van der Waals surface area contributed by atoms with Crippen LogP contribution in [0.1, 0.15) is 31.2 Å². The van der Waals surface area contributed by atoms with Crippen LogP contribution in [0.2, 0.25) is 0 Å². The smallest absolute Gasteiger partial charge is 0.221 e. The summed E-state index contributed by atoms with van der Waals surface area (Å²) in [4.78, 5) is 0. The SMILES string of the molecule is CC.Cc1nnc(Cc2ccc(F)cc2F)o1. The lowest BCUT2D eigenvalue weighted by molar-refractivity contribution is 0.472. The van der Waals surface area contributed by atoms with Crippen LogP contribution in [0.15, 0.2) is 22.6 Å². The molecule has 0 unspecified atom stereocenters. The third kappa shape index (κ3) is 3.62. The van der Waals surface area contributed by atoms with E-state index in [1.54, 1.807) is 6.92 Å². The Balaban J connectivity index is 0.000000686. The Bertz CT molecular complexity index is 483. The van der Waals surface area contributed by atoms with Gasteiger partial charge in [-0.25, -0.2) is 8.78 Å². The van der Waals surface area contributed by atoms with Crippen molar-refractivity contribution < 1.29 is 13.2 Å². The molecule has 0 aliphatic carbocycles. The van der Waals surface area contributed by atoms with E-state index in [1.165, 1.54) is 12.1 Å². The molecule has 0 atom stereocenters. The second kappa shape index (κ2) is 6.08. The molecular formula is C12H14F2N2O. The average molecular weight is 240 g/mol. The molecule has 0 spiro atoms. The van der Waals surface area contributed by atoms with E-state index < -0.39 is 11.6 Å². The van der Waals surface area contributed by atoms with Crippen LogP contribution in [0.25, 0.3) is 0 Å². The lowest BCUT2D eigenvalue weighted by Gasteiger charge is -1.99. The van der Waals surface area contributed by atoms with Crippen LogP contribution in [-0.4, -0.2) is 10.2 Å². The molecule has 0 fully saturated rings. The first-order chi connectivity index (χ1) is 8.15. The molecule has 1 heterocycles. The minimum atomic E-state index is -0.606. The molecule has 0 amide bonds. The highest BCUT2D eigenvalue weighted by Gasteiger charge is 2.08. The Hall–Kier alpha value is -1.78. The van der Waals surface area contributed by atoms with Gasteiger partial charge in [0.05, 0.1) is 6.42 Å². The molecule has 0 radical (unpaired) electrons. The first-order valence-electron chi connectivity index (χ1n) is 5.38. The Kier molecular flexibility index (Phi) is 4.75. The molecule has 1 aromatic carbocycles. The van der Waals surface area contributed by atoms with E-state index in [2.05, 4.69) is 10.2 Å². The van der Waals surface area contributed by atoms with E-state index in [-0.39, 0.29) is 6.42 Å². The van der Waals surface area contributed by atoms with Gasteiger partial charge in [-0.3, -0.25) is 0 Å². The summed E-state index contributed by atoms with van der Waals surface area (Å²) < 4.78 is 30.9. The highest BCUT2D eigenvalue weighted by Crippen LogP contribution is 2.13.